The van der Waals surface area contributed by atoms with Gasteiger partial charge in [0.2, 0.25) is 0 Å². The maximum atomic E-state index is 12.9. The van der Waals surface area contributed by atoms with Gasteiger partial charge in [-0.1, -0.05) is 60.0 Å². The third-order valence-electron chi connectivity index (χ3n) is 5.21. The predicted molar refractivity (Wildman–Crippen MR) is 140 cm³/mol. The van der Waals surface area contributed by atoms with Crippen molar-refractivity contribution in [3.05, 3.63) is 35.6 Å². The Hall–Kier alpha value is -1.75. The molecule has 1 heterocycles. The first-order valence-electron chi connectivity index (χ1n) is 12.8. The molecule has 0 unspecified atom stereocenters. The molecular weight excluding hydrogens is 455 g/mol. The van der Waals surface area contributed by atoms with Crippen LogP contribution in [0.25, 0.3) is 0 Å². The van der Waals surface area contributed by atoms with Gasteiger partial charge in [-0.3, -0.25) is 0 Å². The minimum Gasteiger partial charge on any atom is -0.381 e. The highest BCUT2D eigenvalue weighted by Crippen LogP contribution is 2.30. The Morgan fingerprint density at radius 2 is 1.49 bits per heavy atom. The van der Waals surface area contributed by atoms with Crippen molar-refractivity contribution in [3.63, 3.8) is 0 Å². The molecule has 204 valence electrons. The van der Waals surface area contributed by atoms with E-state index in [9.17, 15) is 13.2 Å². The standard InChI is InChI=1S/C22H30F3NO3.3C2H6/c1-16(22(23,24)25)12-18(6-5-11-27-3)13-17(2)26-9-7-19(8-10-26)29-21-14-20(15-21)28-4;3*1-2/h12-13,19-21H,2,7-11,14-15H2,1,3-4H3;3*1-2H3/b16-12+,18-13-;;;. The molecule has 0 radical (unpaired) electrons. The molecule has 1 aliphatic heterocycles. The molecule has 0 aromatic carbocycles. The summed E-state index contributed by atoms with van der Waals surface area (Å²) in [5, 5.41) is 0. The van der Waals surface area contributed by atoms with Gasteiger partial charge in [-0.05, 0) is 44.8 Å². The molecule has 0 atom stereocenters. The van der Waals surface area contributed by atoms with E-state index in [1.165, 1.54) is 7.11 Å². The fourth-order valence-corrected chi connectivity index (χ4v) is 3.28. The zero-order valence-corrected chi connectivity index (χ0v) is 23.3. The molecule has 2 fully saturated rings. The van der Waals surface area contributed by atoms with Crippen molar-refractivity contribution in [2.45, 2.75) is 98.6 Å². The summed E-state index contributed by atoms with van der Waals surface area (Å²) in [4.78, 5) is 2.06. The Kier molecular flexibility index (Phi) is 20.7. The van der Waals surface area contributed by atoms with Crippen LogP contribution in [-0.2, 0) is 14.2 Å². The number of hydrogen-bond donors (Lipinski definition) is 0. The van der Waals surface area contributed by atoms with Crippen molar-refractivity contribution in [3.8, 4) is 11.8 Å². The van der Waals surface area contributed by atoms with Crippen molar-refractivity contribution in [2.75, 3.05) is 33.9 Å². The van der Waals surface area contributed by atoms with Crippen molar-refractivity contribution in [2.24, 2.45) is 0 Å². The fourth-order valence-electron chi connectivity index (χ4n) is 3.28. The highest BCUT2D eigenvalue weighted by molar-refractivity contribution is 5.44. The highest BCUT2D eigenvalue weighted by Gasteiger charge is 2.33. The summed E-state index contributed by atoms with van der Waals surface area (Å²) in [6.45, 7) is 18.7. The maximum absolute atomic E-state index is 12.9. The first-order valence-corrected chi connectivity index (χ1v) is 12.8. The molecule has 0 aromatic heterocycles. The van der Waals surface area contributed by atoms with Gasteiger partial charge >= 0.3 is 6.18 Å². The molecule has 4 nitrogen and oxygen atoms in total. The molecule has 2 aliphatic rings. The Labute approximate surface area is 212 Å². The lowest BCUT2D eigenvalue weighted by Gasteiger charge is -2.40. The van der Waals surface area contributed by atoms with E-state index in [0.717, 1.165) is 51.8 Å². The molecule has 0 amide bonds. The average molecular weight is 504 g/mol. The van der Waals surface area contributed by atoms with Gasteiger partial charge in [0.05, 0.1) is 18.3 Å². The molecule has 0 aromatic rings. The normalized spacial score (nSPS) is 20.4. The Morgan fingerprint density at radius 3 is 1.94 bits per heavy atom. The second kappa shape index (κ2) is 20.4. The number of likely N-dealkylation sites (tertiary alicyclic amines) is 1. The minimum absolute atomic E-state index is 0.149. The van der Waals surface area contributed by atoms with Crippen LogP contribution in [0.5, 0.6) is 0 Å². The van der Waals surface area contributed by atoms with Crippen molar-refractivity contribution in [1.82, 2.24) is 4.90 Å². The van der Waals surface area contributed by atoms with E-state index in [4.69, 9.17) is 14.2 Å². The van der Waals surface area contributed by atoms with Gasteiger partial charge in [-0.2, -0.15) is 13.2 Å². The summed E-state index contributed by atoms with van der Waals surface area (Å²) >= 11 is 0. The molecular formula is C28H48F3NO3. The van der Waals surface area contributed by atoms with Gasteiger partial charge < -0.3 is 19.1 Å². The summed E-state index contributed by atoms with van der Waals surface area (Å²) in [7, 11) is 3.21. The molecule has 35 heavy (non-hydrogen) atoms. The molecule has 0 bridgehead atoms. The van der Waals surface area contributed by atoms with Crippen LogP contribution in [0.4, 0.5) is 13.2 Å². The summed E-state index contributed by atoms with van der Waals surface area (Å²) in [5.41, 5.74) is 0.213. The number of piperidine rings is 1. The van der Waals surface area contributed by atoms with E-state index < -0.39 is 11.7 Å². The molecule has 2 rings (SSSR count). The SMILES string of the molecule is C=C(/C=C(C#CCOC)\C=C(/C)C(F)(F)F)N1CCC(OC2CC(OC)C2)CC1.CC.CC.CC. The molecule has 0 spiro atoms. The Bertz CT molecular complexity index is 676. The van der Waals surface area contributed by atoms with Gasteiger partial charge in [-0.25, -0.2) is 0 Å². The largest absolute Gasteiger partial charge is 0.412 e. The average Bonchev–Trinajstić information content (AvgIpc) is 2.84. The molecule has 7 heteroatoms. The van der Waals surface area contributed by atoms with Crippen LogP contribution < -0.4 is 0 Å². The van der Waals surface area contributed by atoms with Gasteiger partial charge in [0.25, 0.3) is 0 Å². The predicted octanol–water partition coefficient (Wildman–Crippen LogP) is 7.32. The number of allylic oxidation sites excluding steroid dienone is 4. The summed E-state index contributed by atoms with van der Waals surface area (Å²) in [5.74, 6) is 5.45. The summed E-state index contributed by atoms with van der Waals surface area (Å²) in [6.07, 6.45) is 2.68. The number of methoxy groups -OCH3 is 2. The van der Waals surface area contributed by atoms with Crippen LogP contribution in [0.3, 0.4) is 0 Å². The van der Waals surface area contributed by atoms with Crippen LogP contribution in [0.1, 0.15) is 74.1 Å². The van der Waals surface area contributed by atoms with Crippen molar-refractivity contribution in [1.29, 1.82) is 0 Å². The van der Waals surface area contributed by atoms with Crippen LogP contribution in [0, 0.1) is 11.8 Å². The Balaban J connectivity index is 0. The second-order valence-corrected chi connectivity index (χ2v) is 7.42. The van der Waals surface area contributed by atoms with E-state index >= 15 is 0 Å². The summed E-state index contributed by atoms with van der Waals surface area (Å²) < 4.78 is 54.9. The van der Waals surface area contributed by atoms with Gasteiger partial charge in [0, 0.05) is 44.2 Å². The van der Waals surface area contributed by atoms with Crippen molar-refractivity contribution >= 4 is 0 Å². The number of rotatable bonds is 7. The number of ether oxygens (including phenoxy) is 3. The first-order chi connectivity index (χ1) is 16.7. The quantitative estimate of drug-likeness (QED) is 0.269. The van der Waals surface area contributed by atoms with Crippen LogP contribution >= 0.6 is 0 Å². The van der Waals surface area contributed by atoms with Crippen LogP contribution in [-0.4, -0.2) is 63.3 Å². The topological polar surface area (TPSA) is 30.9 Å². The summed E-state index contributed by atoms with van der Waals surface area (Å²) in [6, 6.07) is 0. The van der Waals surface area contributed by atoms with Crippen LogP contribution in [0.15, 0.2) is 35.6 Å². The molecule has 1 saturated carbocycles. The second-order valence-electron chi connectivity index (χ2n) is 7.42. The number of halogens is 3. The van der Waals surface area contributed by atoms with Crippen molar-refractivity contribution < 1.29 is 27.4 Å². The van der Waals surface area contributed by atoms with E-state index in [0.29, 0.717) is 11.8 Å². The van der Waals surface area contributed by atoms with Gasteiger partial charge in [0.1, 0.15) is 6.61 Å². The lowest BCUT2D eigenvalue weighted by Crippen LogP contribution is -2.43. The van der Waals surface area contributed by atoms with Crippen LogP contribution in [0.2, 0.25) is 0 Å². The minimum atomic E-state index is -4.39. The molecule has 1 aliphatic carbocycles. The van der Waals surface area contributed by atoms with E-state index in [1.54, 1.807) is 13.2 Å². The third-order valence-corrected chi connectivity index (χ3v) is 5.21. The van der Waals surface area contributed by atoms with E-state index in [1.807, 2.05) is 41.5 Å². The molecule has 1 saturated heterocycles. The zero-order chi connectivity index (χ0) is 27.4. The molecule has 0 N–H and O–H groups in total. The fraction of sp³-hybridized carbons (Fsp3) is 0.714. The number of alkyl halides is 3. The third kappa shape index (κ3) is 14.4. The van der Waals surface area contributed by atoms with E-state index in [2.05, 4.69) is 23.3 Å². The number of hydrogen-bond acceptors (Lipinski definition) is 4. The Morgan fingerprint density at radius 1 is 0.943 bits per heavy atom. The smallest absolute Gasteiger partial charge is 0.381 e. The first kappa shape index (κ1) is 35.4. The lowest BCUT2D eigenvalue weighted by molar-refractivity contribution is -0.124. The monoisotopic (exact) mass is 503 g/mol. The lowest BCUT2D eigenvalue weighted by atomic mass is 9.91. The highest BCUT2D eigenvalue weighted by atomic mass is 19.4. The number of nitrogens with zero attached hydrogens (tertiary/aromatic N) is 1. The maximum Gasteiger partial charge on any atom is 0.412 e. The van der Waals surface area contributed by atoms with Gasteiger partial charge in [-0.15, -0.1) is 0 Å². The zero-order valence-electron chi connectivity index (χ0n) is 23.3. The van der Waals surface area contributed by atoms with Gasteiger partial charge in [0.15, 0.2) is 0 Å². The van der Waals surface area contributed by atoms with E-state index in [-0.39, 0.29) is 24.4 Å².